The van der Waals surface area contributed by atoms with Crippen LogP contribution in [0, 0.1) is 0 Å². The fourth-order valence-corrected chi connectivity index (χ4v) is 3.87. The molecule has 2 aromatic carbocycles. The molecule has 1 N–H and O–H groups in total. The van der Waals surface area contributed by atoms with Crippen LogP contribution in [0.1, 0.15) is 23.1 Å². The molecule has 0 radical (unpaired) electrons. The number of anilines is 1. The number of aromatic nitrogens is 2. The third-order valence-corrected chi connectivity index (χ3v) is 5.64. The summed E-state index contributed by atoms with van der Waals surface area (Å²) in [5, 5.41) is 0.472. The fraction of sp³-hybridized carbons (Fsp3) is 0.348. The SMILES string of the molecule is COc1cc2nc(CN3CCN(c4ccc(C(C)=O)cc4)CC3)[nH]c(=O)c2cc1OC. The maximum Gasteiger partial charge on any atom is 0.258 e. The Morgan fingerprint density at radius 2 is 1.68 bits per heavy atom. The number of H-pyrrole nitrogens is 1. The molecule has 1 saturated heterocycles. The first-order valence-corrected chi connectivity index (χ1v) is 10.2. The van der Waals surface area contributed by atoms with Crippen molar-refractivity contribution in [3.63, 3.8) is 0 Å². The average molecular weight is 422 g/mol. The summed E-state index contributed by atoms with van der Waals surface area (Å²) < 4.78 is 10.6. The van der Waals surface area contributed by atoms with E-state index in [2.05, 4.69) is 19.8 Å². The van der Waals surface area contributed by atoms with Crippen molar-refractivity contribution in [3.05, 3.63) is 58.1 Å². The first kappa shape index (κ1) is 20.9. The lowest BCUT2D eigenvalue weighted by Gasteiger charge is -2.35. The minimum atomic E-state index is -0.190. The van der Waals surface area contributed by atoms with Crippen LogP contribution in [0.5, 0.6) is 11.5 Å². The highest BCUT2D eigenvalue weighted by atomic mass is 16.5. The number of Topliss-reactive ketones (excluding diaryl/α,β-unsaturated/α-hetero) is 1. The molecule has 8 heteroatoms. The molecule has 0 atom stereocenters. The highest BCUT2D eigenvalue weighted by molar-refractivity contribution is 5.94. The highest BCUT2D eigenvalue weighted by Gasteiger charge is 2.19. The van der Waals surface area contributed by atoms with E-state index >= 15 is 0 Å². The molecule has 0 amide bonds. The Morgan fingerprint density at radius 1 is 1.03 bits per heavy atom. The molecule has 0 unspecified atom stereocenters. The molecule has 1 aliphatic rings. The molecule has 31 heavy (non-hydrogen) atoms. The van der Waals surface area contributed by atoms with Crippen LogP contribution in [0.15, 0.2) is 41.2 Å². The standard InChI is InChI=1S/C23H26N4O4/c1-15(28)16-4-6-17(7-5-16)27-10-8-26(9-11-27)14-22-24-19-13-21(31-3)20(30-2)12-18(19)23(29)25-22/h4-7,12-13H,8-11,14H2,1-3H3,(H,24,25,29). The number of nitrogens with zero attached hydrogens (tertiary/aromatic N) is 3. The lowest BCUT2D eigenvalue weighted by atomic mass is 10.1. The van der Waals surface area contributed by atoms with Crippen LogP contribution in [0.3, 0.4) is 0 Å². The van der Waals surface area contributed by atoms with Gasteiger partial charge in [0.25, 0.3) is 5.56 Å². The van der Waals surface area contributed by atoms with Crippen molar-refractivity contribution in [1.82, 2.24) is 14.9 Å². The zero-order valence-corrected chi connectivity index (χ0v) is 18.0. The van der Waals surface area contributed by atoms with Crippen molar-refractivity contribution < 1.29 is 14.3 Å². The monoisotopic (exact) mass is 422 g/mol. The van der Waals surface area contributed by atoms with E-state index in [0.717, 1.165) is 37.4 Å². The first-order chi connectivity index (χ1) is 15.0. The van der Waals surface area contributed by atoms with Crippen LogP contribution >= 0.6 is 0 Å². The number of rotatable bonds is 6. The summed E-state index contributed by atoms with van der Waals surface area (Å²) in [4.78, 5) is 36.1. The van der Waals surface area contributed by atoms with Crippen LogP contribution in [0.4, 0.5) is 5.69 Å². The van der Waals surface area contributed by atoms with E-state index in [-0.39, 0.29) is 11.3 Å². The van der Waals surface area contributed by atoms with E-state index in [0.29, 0.717) is 34.8 Å². The van der Waals surface area contributed by atoms with Crippen molar-refractivity contribution in [3.8, 4) is 11.5 Å². The summed E-state index contributed by atoms with van der Waals surface area (Å²) in [6.45, 7) is 5.57. The summed E-state index contributed by atoms with van der Waals surface area (Å²) in [5.41, 5.74) is 2.23. The number of ketones is 1. The molecule has 1 aliphatic heterocycles. The van der Waals surface area contributed by atoms with Crippen molar-refractivity contribution in [2.45, 2.75) is 13.5 Å². The molecule has 1 aromatic heterocycles. The predicted molar refractivity (Wildman–Crippen MR) is 119 cm³/mol. The Hall–Kier alpha value is -3.39. The normalized spacial score (nSPS) is 14.6. The molecule has 4 rings (SSSR count). The zero-order chi connectivity index (χ0) is 22.0. The maximum absolute atomic E-state index is 12.6. The Labute approximate surface area is 180 Å². The molecule has 0 aliphatic carbocycles. The second-order valence-corrected chi connectivity index (χ2v) is 7.60. The van der Waals surface area contributed by atoms with E-state index < -0.39 is 0 Å². The number of nitrogens with one attached hydrogen (secondary N) is 1. The number of ether oxygens (including phenoxy) is 2. The van der Waals surface area contributed by atoms with Crippen molar-refractivity contribution in [2.75, 3.05) is 45.3 Å². The van der Waals surface area contributed by atoms with Gasteiger partial charge in [0, 0.05) is 43.5 Å². The van der Waals surface area contributed by atoms with E-state index in [9.17, 15) is 9.59 Å². The van der Waals surface area contributed by atoms with Crippen molar-refractivity contribution >= 4 is 22.4 Å². The summed E-state index contributed by atoms with van der Waals surface area (Å²) in [7, 11) is 3.10. The Kier molecular flexibility index (Phi) is 5.90. The second-order valence-electron chi connectivity index (χ2n) is 7.60. The number of carbonyl (C=O) groups excluding carboxylic acids is 1. The van der Waals surface area contributed by atoms with Gasteiger partial charge in [-0.15, -0.1) is 0 Å². The van der Waals surface area contributed by atoms with Gasteiger partial charge < -0.3 is 19.4 Å². The topological polar surface area (TPSA) is 87.8 Å². The second kappa shape index (κ2) is 8.77. The van der Waals surface area contributed by atoms with E-state index in [4.69, 9.17) is 9.47 Å². The third kappa shape index (κ3) is 4.39. The van der Waals surface area contributed by atoms with Gasteiger partial charge in [0.2, 0.25) is 0 Å². The molecule has 162 valence electrons. The minimum absolute atomic E-state index is 0.0734. The van der Waals surface area contributed by atoms with E-state index in [1.165, 1.54) is 7.11 Å². The summed E-state index contributed by atoms with van der Waals surface area (Å²) in [6.07, 6.45) is 0. The Morgan fingerprint density at radius 3 is 2.29 bits per heavy atom. The highest BCUT2D eigenvalue weighted by Crippen LogP contribution is 2.30. The van der Waals surface area contributed by atoms with Gasteiger partial charge in [-0.3, -0.25) is 14.5 Å². The number of aromatic amines is 1. The number of fused-ring (bicyclic) bond motifs is 1. The molecule has 0 saturated carbocycles. The fourth-order valence-electron chi connectivity index (χ4n) is 3.87. The van der Waals surface area contributed by atoms with Gasteiger partial charge in [0.1, 0.15) is 5.82 Å². The number of hydrogen-bond donors (Lipinski definition) is 1. The molecule has 2 heterocycles. The van der Waals surface area contributed by atoms with Gasteiger partial charge >= 0.3 is 0 Å². The molecular weight excluding hydrogens is 396 g/mol. The molecule has 3 aromatic rings. The van der Waals surface area contributed by atoms with Gasteiger partial charge in [-0.05, 0) is 37.3 Å². The quantitative estimate of drug-likeness (QED) is 0.611. The maximum atomic E-state index is 12.6. The summed E-state index contributed by atoms with van der Waals surface area (Å²) >= 11 is 0. The van der Waals surface area contributed by atoms with Gasteiger partial charge in [0.15, 0.2) is 17.3 Å². The lowest BCUT2D eigenvalue weighted by molar-refractivity contribution is 0.101. The zero-order valence-electron chi connectivity index (χ0n) is 18.0. The van der Waals surface area contributed by atoms with E-state index in [1.807, 2.05) is 24.3 Å². The summed E-state index contributed by atoms with van der Waals surface area (Å²) in [6, 6.07) is 11.1. The van der Waals surface area contributed by atoms with Crippen LogP contribution in [0.2, 0.25) is 0 Å². The number of carbonyl (C=O) groups is 1. The van der Waals surface area contributed by atoms with Crippen LogP contribution in [-0.2, 0) is 6.54 Å². The molecule has 1 fully saturated rings. The van der Waals surface area contributed by atoms with Gasteiger partial charge in [-0.25, -0.2) is 4.98 Å². The number of hydrogen-bond acceptors (Lipinski definition) is 7. The molecule has 0 spiro atoms. The largest absolute Gasteiger partial charge is 0.493 e. The van der Waals surface area contributed by atoms with Gasteiger partial charge in [-0.2, -0.15) is 0 Å². The smallest absolute Gasteiger partial charge is 0.258 e. The molecule has 0 bridgehead atoms. The minimum Gasteiger partial charge on any atom is -0.493 e. The van der Waals surface area contributed by atoms with Crippen LogP contribution < -0.4 is 19.9 Å². The summed E-state index contributed by atoms with van der Waals surface area (Å²) in [5.74, 6) is 1.75. The van der Waals surface area contributed by atoms with E-state index in [1.54, 1.807) is 26.2 Å². The van der Waals surface area contributed by atoms with Crippen LogP contribution in [0.25, 0.3) is 10.9 Å². The van der Waals surface area contributed by atoms with Crippen molar-refractivity contribution in [1.29, 1.82) is 0 Å². The molecular formula is C23H26N4O4. The Balaban J connectivity index is 1.45. The first-order valence-electron chi connectivity index (χ1n) is 10.2. The van der Waals surface area contributed by atoms with Crippen LogP contribution in [-0.4, -0.2) is 61.0 Å². The number of benzene rings is 2. The Bertz CT molecular complexity index is 1150. The average Bonchev–Trinajstić information content (AvgIpc) is 2.79. The van der Waals surface area contributed by atoms with Gasteiger partial charge in [-0.1, -0.05) is 0 Å². The third-order valence-electron chi connectivity index (χ3n) is 5.64. The predicted octanol–water partition coefficient (Wildman–Crippen LogP) is 2.47. The lowest BCUT2D eigenvalue weighted by Crippen LogP contribution is -2.46. The number of methoxy groups -OCH3 is 2. The van der Waals surface area contributed by atoms with Gasteiger partial charge in [0.05, 0.1) is 31.7 Å². The molecule has 8 nitrogen and oxygen atoms in total. The van der Waals surface area contributed by atoms with Crippen molar-refractivity contribution in [2.24, 2.45) is 0 Å². The number of piperazine rings is 1.